The van der Waals surface area contributed by atoms with Gasteiger partial charge in [-0.1, -0.05) is 0 Å². The lowest BCUT2D eigenvalue weighted by Gasteiger charge is -2.08. The third-order valence-electron chi connectivity index (χ3n) is 1.85. The fraction of sp³-hybridized carbons (Fsp3) is 0.364. The van der Waals surface area contributed by atoms with Crippen molar-refractivity contribution in [3.8, 4) is 5.75 Å². The average Bonchev–Trinajstić information content (AvgIpc) is 2.21. The summed E-state index contributed by atoms with van der Waals surface area (Å²) in [7, 11) is 0. The van der Waals surface area contributed by atoms with Gasteiger partial charge in [0.15, 0.2) is 0 Å². The Labute approximate surface area is 102 Å². The zero-order valence-electron chi connectivity index (χ0n) is 9.40. The van der Waals surface area contributed by atoms with Crippen molar-refractivity contribution < 1.29 is 9.53 Å². The number of benzene rings is 1. The Morgan fingerprint density at radius 1 is 1.44 bits per heavy atom. The number of rotatable bonds is 4. The van der Waals surface area contributed by atoms with Crippen molar-refractivity contribution in [2.45, 2.75) is 19.9 Å². The summed E-state index contributed by atoms with van der Waals surface area (Å²) in [6.45, 7) is 4.20. The van der Waals surface area contributed by atoms with E-state index < -0.39 is 6.04 Å². The zero-order chi connectivity index (χ0) is 11.3. The van der Waals surface area contributed by atoms with Gasteiger partial charge in [-0.2, -0.15) is 0 Å². The van der Waals surface area contributed by atoms with Crippen LogP contribution in [0.1, 0.15) is 13.8 Å². The third kappa shape index (κ3) is 4.51. The number of hydrogen-bond acceptors (Lipinski definition) is 3. The molecular formula is C11H17ClN2O2. The first-order valence-corrected chi connectivity index (χ1v) is 4.92. The molecule has 1 aromatic rings. The molecule has 16 heavy (non-hydrogen) atoms. The van der Waals surface area contributed by atoms with Gasteiger partial charge in [0.2, 0.25) is 5.91 Å². The summed E-state index contributed by atoms with van der Waals surface area (Å²) in [5, 5.41) is 2.69. The Morgan fingerprint density at radius 2 is 2.00 bits per heavy atom. The zero-order valence-corrected chi connectivity index (χ0v) is 10.2. The van der Waals surface area contributed by atoms with Gasteiger partial charge in [-0.3, -0.25) is 4.79 Å². The lowest BCUT2D eigenvalue weighted by Crippen LogP contribution is -2.32. The van der Waals surface area contributed by atoms with Crippen LogP contribution in [0.15, 0.2) is 24.3 Å². The summed E-state index contributed by atoms with van der Waals surface area (Å²) in [6, 6.07) is 6.67. The second kappa shape index (κ2) is 7.09. The van der Waals surface area contributed by atoms with Crippen molar-refractivity contribution in [1.29, 1.82) is 0 Å². The van der Waals surface area contributed by atoms with E-state index in [2.05, 4.69) is 5.32 Å². The molecule has 0 aliphatic heterocycles. The molecule has 1 aromatic carbocycles. The van der Waals surface area contributed by atoms with Crippen LogP contribution in [0.3, 0.4) is 0 Å². The fourth-order valence-electron chi connectivity index (χ4n) is 1.06. The first-order valence-electron chi connectivity index (χ1n) is 4.92. The summed E-state index contributed by atoms with van der Waals surface area (Å²) < 4.78 is 5.28. The van der Waals surface area contributed by atoms with Gasteiger partial charge in [-0.05, 0) is 38.1 Å². The van der Waals surface area contributed by atoms with Crippen molar-refractivity contribution in [3.63, 3.8) is 0 Å². The molecule has 0 saturated heterocycles. The lowest BCUT2D eigenvalue weighted by atomic mass is 10.2. The van der Waals surface area contributed by atoms with Crippen LogP contribution in [-0.2, 0) is 4.79 Å². The highest BCUT2D eigenvalue weighted by Crippen LogP contribution is 2.15. The molecule has 0 unspecified atom stereocenters. The van der Waals surface area contributed by atoms with Gasteiger partial charge in [0.25, 0.3) is 0 Å². The minimum Gasteiger partial charge on any atom is -0.494 e. The molecule has 0 aliphatic carbocycles. The highest BCUT2D eigenvalue weighted by Gasteiger charge is 2.06. The SMILES string of the molecule is CCOc1ccc(NC(=O)[C@H](C)N)cc1.Cl. The molecule has 0 fully saturated rings. The standard InChI is InChI=1S/C11H16N2O2.ClH/c1-3-15-10-6-4-9(5-7-10)13-11(14)8(2)12;/h4-8H,3,12H2,1-2H3,(H,13,14);1H/t8-;/m0./s1. The van der Waals surface area contributed by atoms with Crippen LogP contribution in [0.5, 0.6) is 5.75 Å². The number of nitrogens with one attached hydrogen (secondary N) is 1. The molecule has 0 aromatic heterocycles. The number of halogens is 1. The minimum absolute atomic E-state index is 0. The molecule has 0 radical (unpaired) electrons. The maximum absolute atomic E-state index is 11.3. The molecule has 0 heterocycles. The van der Waals surface area contributed by atoms with Crippen LogP contribution in [0.2, 0.25) is 0 Å². The molecule has 1 rings (SSSR count). The van der Waals surface area contributed by atoms with Gasteiger partial charge in [0.05, 0.1) is 12.6 Å². The Hall–Kier alpha value is -1.26. The van der Waals surface area contributed by atoms with Crippen molar-refractivity contribution in [1.82, 2.24) is 0 Å². The number of amides is 1. The highest BCUT2D eigenvalue weighted by molar-refractivity contribution is 5.94. The van der Waals surface area contributed by atoms with Gasteiger partial charge in [0, 0.05) is 5.69 Å². The molecule has 90 valence electrons. The smallest absolute Gasteiger partial charge is 0.240 e. The van der Waals surface area contributed by atoms with Crippen LogP contribution >= 0.6 is 12.4 Å². The number of carbonyl (C=O) groups is 1. The van der Waals surface area contributed by atoms with E-state index in [9.17, 15) is 4.79 Å². The van der Waals surface area contributed by atoms with Crippen molar-refractivity contribution in [2.24, 2.45) is 5.73 Å². The van der Waals surface area contributed by atoms with E-state index in [4.69, 9.17) is 10.5 Å². The van der Waals surface area contributed by atoms with E-state index >= 15 is 0 Å². The van der Waals surface area contributed by atoms with E-state index in [1.165, 1.54) is 0 Å². The molecule has 0 spiro atoms. The van der Waals surface area contributed by atoms with E-state index in [0.29, 0.717) is 6.61 Å². The predicted molar refractivity (Wildman–Crippen MR) is 67.1 cm³/mol. The number of ether oxygens (including phenoxy) is 1. The van der Waals surface area contributed by atoms with Crippen LogP contribution in [0.4, 0.5) is 5.69 Å². The Bertz CT molecular complexity index is 325. The van der Waals surface area contributed by atoms with Crippen LogP contribution in [-0.4, -0.2) is 18.6 Å². The fourth-order valence-corrected chi connectivity index (χ4v) is 1.06. The van der Waals surface area contributed by atoms with Gasteiger partial charge < -0.3 is 15.8 Å². The lowest BCUT2D eigenvalue weighted by molar-refractivity contribution is -0.117. The molecule has 0 saturated carbocycles. The van der Waals surface area contributed by atoms with Crippen molar-refractivity contribution >= 4 is 24.0 Å². The third-order valence-corrected chi connectivity index (χ3v) is 1.85. The Morgan fingerprint density at radius 3 is 2.44 bits per heavy atom. The second-order valence-corrected chi connectivity index (χ2v) is 3.24. The monoisotopic (exact) mass is 244 g/mol. The first kappa shape index (κ1) is 14.7. The van der Waals surface area contributed by atoms with E-state index in [1.807, 2.05) is 6.92 Å². The van der Waals surface area contributed by atoms with Crippen molar-refractivity contribution in [3.05, 3.63) is 24.3 Å². The van der Waals surface area contributed by atoms with Crippen LogP contribution in [0, 0.1) is 0 Å². The molecule has 5 heteroatoms. The van der Waals surface area contributed by atoms with Gasteiger partial charge in [0.1, 0.15) is 5.75 Å². The van der Waals surface area contributed by atoms with Gasteiger partial charge in [-0.25, -0.2) is 0 Å². The summed E-state index contributed by atoms with van der Waals surface area (Å²) in [5.74, 6) is 0.593. The average molecular weight is 245 g/mol. The second-order valence-electron chi connectivity index (χ2n) is 3.24. The predicted octanol–water partition coefficient (Wildman–Crippen LogP) is 1.79. The summed E-state index contributed by atoms with van der Waals surface area (Å²) >= 11 is 0. The van der Waals surface area contributed by atoms with Crippen LogP contribution in [0.25, 0.3) is 0 Å². The van der Waals surface area contributed by atoms with Crippen LogP contribution < -0.4 is 15.8 Å². The summed E-state index contributed by atoms with van der Waals surface area (Å²) in [6.07, 6.45) is 0. The minimum atomic E-state index is -0.503. The number of hydrogen-bond donors (Lipinski definition) is 2. The van der Waals surface area contributed by atoms with Gasteiger partial charge >= 0.3 is 0 Å². The Kier molecular flexibility index (Phi) is 6.53. The number of anilines is 1. The van der Waals surface area contributed by atoms with E-state index in [0.717, 1.165) is 11.4 Å². The molecule has 0 bridgehead atoms. The maximum atomic E-state index is 11.3. The first-order chi connectivity index (χ1) is 7.13. The largest absolute Gasteiger partial charge is 0.494 e. The van der Waals surface area contributed by atoms with Gasteiger partial charge in [-0.15, -0.1) is 12.4 Å². The normalized spacial score (nSPS) is 11.2. The van der Waals surface area contributed by atoms with E-state index in [-0.39, 0.29) is 18.3 Å². The van der Waals surface area contributed by atoms with Crippen molar-refractivity contribution in [2.75, 3.05) is 11.9 Å². The van der Waals surface area contributed by atoms with E-state index in [1.54, 1.807) is 31.2 Å². The molecule has 1 atom stereocenters. The summed E-state index contributed by atoms with van der Waals surface area (Å²) in [5.41, 5.74) is 6.15. The molecule has 0 aliphatic rings. The highest BCUT2D eigenvalue weighted by atomic mass is 35.5. The maximum Gasteiger partial charge on any atom is 0.240 e. The molecule has 3 N–H and O–H groups in total. The summed E-state index contributed by atoms with van der Waals surface area (Å²) in [4.78, 5) is 11.3. The molecule has 1 amide bonds. The number of carbonyl (C=O) groups excluding carboxylic acids is 1. The topological polar surface area (TPSA) is 64.3 Å². The number of nitrogens with two attached hydrogens (primary N) is 1. The molecule has 4 nitrogen and oxygen atoms in total. The quantitative estimate of drug-likeness (QED) is 0.849. The molecular weight excluding hydrogens is 228 g/mol. The Balaban J connectivity index is 0.00000225.